The molecule has 0 unspecified atom stereocenters. The number of rotatable bonds is 1. The highest BCUT2D eigenvalue weighted by Crippen LogP contribution is 2.51. The quantitative estimate of drug-likeness (QED) is 0.282. The molecule has 2 aliphatic rings. The van der Waals surface area contributed by atoms with Crippen LogP contribution in [0.15, 0.2) is 102 Å². The summed E-state index contributed by atoms with van der Waals surface area (Å²) in [5.74, 6) is 1.77. The Balaban J connectivity index is 1.39. The van der Waals surface area contributed by atoms with E-state index in [1.54, 1.807) is 0 Å². The smallest absolute Gasteiger partial charge is 0.521 e. The van der Waals surface area contributed by atoms with Crippen molar-refractivity contribution < 1.29 is 9.07 Å². The third-order valence-corrected chi connectivity index (χ3v) is 6.70. The van der Waals surface area contributed by atoms with E-state index in [2.05, 4.69) is 81.0 Å². The lowest BCUT2D eigenvalue weighted by Gasteiger charge is -2.29. The van der Waals surface area contributed by atoms with Gasteiger partial charge >= 0.3 is 7.19 Å². The van der Waals surface area contributed by atoms with Gasteiger partial charge in [-0.3, -0.25) is 0 Å². The van der Waals surface area contributed by atoms with Gasteiger partial charge in [0.25, 0.3) is 0 Å². The van der Waals surface area contributed by atoms with E-state index in [0.717, 1.165) is 61.6 Å². The summed E-state index contributed by atoms with van der Waals surface area (Å²) in [6.07, 6.45) is 3.81. The monoisotopic (exact) mass is 425 g/mol. The summed E-state index contributed by atoms with van der Waals surface area (Å²) in [5.41, 5.74) is 7.05. The van der Waals surface area contributed by atoms with Crippen molar-refractivity contribution >= 4 is 40.5 Å². The van der Waals surface area contributed by atoms with Crippen LogP contribution in [-0.2, 0) is 0 Å². The van der Waals surface area contributed by atoms with E-state index in [-0.39, 0.29) is 7.19 Å². The van der Waals surface area contributed by atoms with Crippen LogP contribution >= 0.6 is 0 Å². The Morgan fingerprint density at radius 3 is 2.45 bits per heavy atom. The summed E-state index contributed by atoms with van der Waals surface area (Å²) in [5, 5.41) is 2.23. The van der Waals surface area contributed by atoms with Gasteiger partial charge in [0.05, 0.1) is 5.69 Å². The maximum atomic E-state index is 6.67. The van der Waals surface area contributed by atoms with Crippen LogP contribution < -0.4 is 9.47 Å². The molecule has 0 aliphatic carbocycles. The molecule has 2 aliphatic heterocycles. The molecule has 154 valence electrons. The number of anilines is 2. The highest BCUT2D eigenvalue weighted by Gasteiger charge is 2.47. The van der Waals surface area contributed by atoms with Gasteiger partial charge in [-0.2, -0.15) is 0 Å². The predicted octanol–water partition coefficient (Wildman–Crippen LogP) is 6.49. The minimum atomic E-state index is -0.316. The fraction of sp³-hybridized carbons (Fsp3) is 0. The number of furan rings is 1. The highest BCUT2D eigenvalue weighted by molar-refractivity contribution is 6.61. The fourth-order valence-electron chi connectivity index (χ4n) is 5.29. The molecule has 33 heavy (non-hydrogen) atoms. The molecule has 0 radical (unpaired) electrons. The number of fused-ring (bicyclic) bond motifs is 11. The first-order valence-electron chi connectivity index (χ1n) is 11.0. The first-order chi connectivity index (χ1) is 16.4. The van der Waals surface area contributed by atoms with Gasteiger partial charge in [0, 0.05) is 45.5 Å². The lowest BCUT2D eigenvalue weighted by molar-refractivity contribution is 0.577. The Hall–Kier alpha value is -4.45. The third kappa shape index (κ3) is 2.15. The number of hydrogen-bond acceptors (Lipinski definition) is 4. The van der Waals surface area contributed by atoms with Gasteiger partial charge in [-0.15, -0.1) is 0 Å². The second kappa shape index (κ2) is 6.08. The maximum absolute atomic E-state index is 6.67. The van der Waals surface area contributed by atoms with Crippen LogP contribution in [-0.4, -0.2) is 16.6 Å². The third-order valence-electron chi connectivity index (χ3n) is 6.70. The first-order valence-corrected chi connectivity index (χ1v) is 11.0. The summed E-state index contributed by atoms with van der Waals surface area (Å²) >= 11 is 0. The van der Waals surface area contributed by atoms with Crippen molar-refractivity contribution in [2.24, 2.45) is 0 Å². The number of hydrogen-bond donors (Lipinski definition) is 0. The summed E-state index contributed by atoms with van der Waals surface area (Å²) < 4.78 is 15.1. The van der Waals surface area contributed by atoms with Crippen LogP contribution in [0.5, 0.6) is 5.75 Å². The van der Waals surface area contributed by atoms with E-state index >= 15 is 0 Å². The number of aromatic nitrogens is 2. The van der Waals surface area contributed by atoms with Gasteiger partial charge < -0.3 is 18.4 Å². The van der Waals surface area contributed by atoms with E-state index in [9.17, 15) is 0 Å². The highest BCUT2D eigenvalue weighted by atomic mass is 16.5. The van der Waals surface area contributed by atoms with E-state index in [0.29, 0.717) is 0 Å². The Bertz CT molecular complexity index is 1730. The molecule has 4 heterocycles. The zero-order valence-corrected chi connectivity index (χ0v) is 17.5. The van der Waals surface area contributed by atoms with Gasteiger partial charge in [0.15, 0.2) is 0 Å². The molecule has 5 nitrogen and oxygen atoms in total. The largest absolute Gasteiger partial charge is 0.629 e. The van der Waals surface area contributed by atoms with Crippen molar-refractivity contribution in [2.75, 3.05) is 4.81 Å². The van der Waals surface area contributed by atoms with Crippen molar-refractivity contribution in [2.45, 2.75) is 0 Å². The summed E-state index contributed by atoms with van der Waals surface area (Å²) in [6.45, 7) is 0. The van der Waals surface area contributed by atoms with Gasteiger partial charge in [-0.25, -0.2) is 4.98 Å². The van der Waals surface area contributed by atoms with Crippen molar-refractivity contribution in [3.8, 4) is 28.3 Å². The second-order valence-corrected chi connectivity index (χ2v) is 8.42. The van der Waals surface area contributed by atoms with E-state index in [1.807, 2.05) is 30.6 Å². The van der Waals surface area contributed by atoms with Crippen molar-refractivity contribution in [1.29, 1.82) is 0 Å². The molecule has 0 saturated heterocycles. The SMILES string of the molecule is c1ccc2c(c1)-c1nccn1B1Oc3c(-c4cccc5c4oc4ccccc45)cccc3N12. The Morgan fingerprint density at radius 1 is 0.697 bits per heavy atom. The van der Waals surface area contributed by atoms with Gasteiger partial charge in [-0.1, -0.05) is 60.7 Å². The molecule has 0 N–H and O–H groups in total. The Morgan fingerprint density at radius 2 is 1.45 bits per heavy atom. The molecule has 0 spiro atoms. The lowest BCUT2D eigenvalue weighted by Crippen LogP contribution is -2.45. The molecule has 6 heteroatoms. The zero-order chi connectivity index (χ0) is 21.5. The standard InChI is InChI=1S/C27H16BN3O2/c1-3-12-22-21(8-1)27-29-15-16-30(27)28-31(22)23-13-6-11-20(26(23)33-28)19-10-5-9-18-17-7-2-4-14-24(17)32-25(18)19/h1-16H. The van der Waals surface area contributed by atoms with Crippen LogP contribution in [0.4, 0.5) is 11.4 Å². The van der Waals surface area contributed by atoms with Crippen molar-refractivity contribution in [3.63, 3.8) is 0 Å². The van der Waals surface area contributed by atoms with Gasteiger partial charge in [-0.05, 0) is 24.3 Å². The van der Waals surface area contributed by atoms with Crippen LogP contribution in [0.25, 0.3) is 44.5 Å². The fourth-order valence-corrected chi connectivity index (χ4v) is 5.29. The molecule has 0 bridgehead atoms. The molecule has 8 rings (SSSR count). The Labute approximate surface area is 189 Å². The summed E-state index contributed by atoms with van der Waals surface area (Å²) in [4.78, 5) is 6.86. The normalized spacial score (nSPS) is 13.6. The molecule has 6 aromatic rings. The molecular formula is C27H16BN3O2. The average Bonchev–Trinajstić information content (AvgIpc) is 3.58. The van der Waals surface area contributed by atoms with Gasteiger partial charge in [0.2, 0.25) is 0 Å². The average molecular weight is 425 g/mol. The second-order valence-electron chi connectivity index (χ2n) is 8.42. The number of benzene rings is 4. The molecule has 0 amide bonds. The van der Waals surface area contributed by atoms with Crippen LogP contribution in [0.2, 0.25) is 0 Å². The molecular weight excluding hydrogens is 409 g/mol. The zero-order valence-electron chi connectivity index (χ0n) is 17.5. The predicted molar refractivity (Wildman–Crippen MR) is 131 cm³/mol. The molecule has 0 fully saturated rings. The van der Waals surface area contributed by atoms with Crippen LogP contribution in [0.3, 0.4) is 0 Å². The molecule has 4 aromatic carbocycles. The lowest BCUT2D eigenvalue weighted by atomic mass is 9.90. The summed E-state index contributed by atoms with van der Waals surface area (Å²) in [6, 6.07) is 29.2. The molecule has 0 atom stereocenters. The van der Waals surface area contributed by atoms with Crippen molar-refractivity contribution in [3.05, 3.63) is 97.3 Å². The topological polar surface area (TPSA) is 43.4 Å². The minimum Gasteiger partial charge on any atom is -0.521 e. The van der Waals surface area contributed by atoms with E-state index < -0.39 is 0 Å². The van der Waals surface area contributed by atoms with E-state index in [1.165, 1.54) is 0 Å². The van der Waals surface area contributed by atoms with Crippen LogP contribution in [0, 0.1) is 0 Å². The van der Waals surface area contributed by atoms with Crippen LogP contribution in [0.1, 0.15) is 0 Å². The van der Waals surface area contributed by atoms with E-state index in [4.69, 9.17) is 9.07 Å². The van der Waals surface area contributed by atoms with Gasteiger partial charge in [0.1, 0.15) is 22.7 Å². The number of imidazole rings is 1. The molecule has 0 saturated carbocycles. The number of para-hydroxylation sites is 4. The first kappa shape index (κ1) is 17.2. The molecule has 2 aromatic heterocycles. The minimum absolute atomic E-state index is 0.316. The van der Waals surface area contributed by atoms with Crippen molar-refractivity contribution in [1.82, 2.24) is 9.46 Å². The maximum Gasteiger partial charge on any atom is 0.629 e. The summed E-state index contributed by atoms with van der Waals surface area (Å²) in [7, 11) is -0.316. The Kier molecular flexibility index (Phi) is 3.16. The number of nitrogens with zero attached hydrogens (tertiary/aromatic N) is 3.